The molecule has 1 saturated heterocycles. The van der Waals surface area contributed by atoms with Crippen molar-refractivity contribution in [1.29, 1.82) is 0 Å². The second-order valence-electron chi connectivity index (χ2n) is 4.94. The van der Waals surface area contributed by atoms with Crippen LogP contribution < -0.4 is 5.32 Å². The van der Waals surface area contributed by atoms with Crippen LogP contribution in [0.4, 0.5) is 0 Å². The van der Waals surface area contributed by atoms with Crippen LogP contribution in [0, 0.1) is 5.92 Å². The van der Waals surface area contributed by atoms with Gasteiger partial charge in [-0.15, -0.1) is 0 Å². The second kappa shape index (κ2) is 5.84. The van der Waals surface area contributed by atoms with Crippen LogP contribution >= 0.6 is 15.9 Å². The number of rotatable bonds is 4. The lowest BCUT2D eigenvalue weighted by molar-refractivity contribution is 0.354. The van der Waals surface area contributed by atoms with E-state index in [0.29, 0.717) is 12.3 Å². The van der Waals surface area contributed by atoms with E-state index in [1.54, 1.807) is 0 Å². The van der Waals surface area contributed by atoms with Crippen molar-refractivity contribution in [2.45, 2.75) is 19.3 Å². The Kier molecular flexibility index (Phi) is 3.94. The van der Waals surface area contributed by atoms with Gasteiger partial charge in [0.05, 0.1) is 0 Å². The molecule has 5 heteroatoms. The quantitative estimate of drug-likeness (QED) is 0.940. The second-order valence-corrected chi connectivity index (χ2v) is 5.79. The van der Waals surface area contributed by atoms with Crippen LogP contribution in [0.3, 0.4) is 0 Å². The summed E-state index contributed by atoms with van der Waals surface area (Å²) >= 11 is 3.54. The van der Waals surface area contributed by atoms with Gasteiger partial charge < -0.3 is 9.84 Å². The fraction of sp³-hybridized carbons (Fsp3) is 0.429. The van der Waals surface area contributed by atoms with Crippen molar-refractivity contribution in [3.05, 3.63) is 46.0 Å². The van der Waals surface area contributed by atoms with Crippen molar-refractivity contribution in [2.24, 2.45) is 5.92 Å². The Morgan fingerprint density at radius 1 is 1.37 bits per heavy atom. The van der Waals surface area contributed by atoms with Gasteiger partial charge in [-0.05, 0) is 37.1 Å². The Hall–Kier alpha value is -1.20. The summed E-state index contributed by atoms with van der Waals surface area (Å²) in [6.45, 7) is 2.16. The SMILES string of the molecule is Brc1ccccc1Cc1noc(CC2CCNC2)n1. The van der Waals surface area contributed by atoms with Crippen molar-refractivity contribution in [3.8, 4) is 0 Å². The Balaban J connectivity index is 1.66. The molecule has 3 rings (SSSR count). The average molecular weight is 322 g/mol. The molecule has 2 aromatic rings. The van der Waals surface area contributed by atoms with E-state index in [-0.39, 0.29) is 0 Å². The molecule has 0 amide bonds. The van der Waals surface area contributed by atoms with Gasteiger partial charge in [0.15, 0.2) is 5.82 Å². The predicted molar refractivity (Wildman–Crippen MR) is 75.9 cm³/mol. The van der Waals surface area contributed by atoms with Gasteiger partial charge in [-0.1, -0.05) is 39.3 Å². The van der Waals surface area contributed by atoms with Gasteiger partial charge in [0, 0.05) is 17.3 Å². The van der Waals surface area contributed by atoms with Crippen molar-refractivity contribution in [2.75, 3.05) is 13.1 Å². The number of hydrogen-bond donors (Lipinski definition) is 1. The number of hydrogen-bond acceptors (Lipinski definition) is 4. The van der Waals surface area contributed by atoms with Gasteiger partial charge in [0.2, 0.25) is 5.89 Å². The maximum absolute atomic E-state index is 5.33. The van der Waals surface area contributed by atoms with Gasteiger partial charge in [-0.3, -0.25) is 0 Å². The van der Waals surface area contributed by atoms with Gasteiger partial charge in [-0.2, -0.15) is 4.98 Å². The average Bonchev–Trinajstić information content (AvgIpc) is 3.05. The molecule has 0 radical (unpaired) electrons. The molecule has 1 aliphatic heterocycles. The van der Waals surface area contributed by atoms with E-state index < -0.39 is 0 Å². The molecule has 1 atom stereocenters. The molecular formula is C14H16BrN3O. The lowest BCUT2D eigenvalue weighted by Gasteiger charge is -2.02. The molecule has 0 aliphatic carbocycles. The topological polar surface area (TPSA) is 51.0 Å². The summed E-state index contributed by atoms with van der Waals surface area (Å²) in [7, 11) is 0. The zero-order chi connectivity index (χ0) is 13.1. The van der Waals surface area contributed by atoms with Gasteiger partial charge in [0.1, 0.15) is 0 Å². The molecule has 1 N–H and O–H groups in total. The minimum atomic E-state index is 0.636. The Morgan fingerprint density at radius 2 is 2.26 bits per heavy atom. The van der Waals surface area contributed by atoms with E-state index in [2.05, 4.69) is 37.5 Å². The first-order valence-corrected chi connectivity index (χ1v) is 7.36. The molecule has 1 aromatic carbocycles. The molecule has 4 nitrogen and oxygen atoms in total. The highest BCUT2D eigenvalue weighted by Crippen LogP contribution is 2.19. The monoisotopic (exact) mass is 321 g/mol. The molecule has 1 aliphatic rings. The van der Waals surface area contributed by atoms with E-state index >= 15 is 0 Å². The molecule has 1 aromatic heterocycles. The summed E-state index contributed by atoms with van der Waals surface area (Å²) in [4.78, 5) is 4.48. The highest BCUT2D eigenvalue weighted by molar-refractivity contribution is 9.10. The number of nitrogens with one attached hydrogen (secondary N) is 1. The largest absolute Gasteiger partial charge is 0.339 e. The summed E-state index contributed by atoms with van der Waals surface area (Å²) in [5.74, 6) is 2.15. The summed E-state index contributed by atoms with van der Waals surface area (Å²) in [5.41, 5.74) is 1.18. The smallest absolute Gasteiger partial charge is 0.226 e. The summed E-state index contributed by atoms with van der Waals surface area (Å²) < 4.78 is 6.42. The Labute approximate surface area is 120 Å². The minimum absolute atomic E-state index is 0.636. The fourth-order valence-electron chi connectivity index (χ4n) is 2.39. The van der Waals surface area contributed by atoms with Crippen LogP contribution in [0.1, 0.15) is 23.7 Å². The maximum atomic E-state index is 5.33. The first-order valence-electron chi connectivity index (χ1n) is 6.57. The van der Waals surface area contributed by atoms with Crippen molar-refractivity contribution in [3.63, 3.8) is 0 Å². The molecule has 0 bridgehead atoms. The molecule has 2 heterocycles. The van der Waals surface area contributed by atoms with Gasteiger partial charge >= 0.3 is 0 Å². The van der Waals surface area contributed by atoms with E-state index in [9.17, 15) is 0 Å². The zero-order valence-corrected chi connectivity index (χ0v) is 12.2. The van der Waals surface area contributed by atoms with E-state index in [0.717, 1.165) is 35.7 Å². The third-order valence-electron chi connectivity index (χ3n) is 3.44. The molecule has 0 spiro atoms. The molecule has 19 heavy (non-hydrogen) atoms. The fourth-order valence-corrected chi connectivity index (χ4v) is 2.82. The third-order valence-corrected chi connectivity index (χ3v) is 4.22. The van der Waals surface area contributed by atoms with E-state index in [1.807, 2.05) is 18.2 Å². The minimum Gasteiger partial charge on any atom is -0.339 e. The molecule has 0 saturated carbocycles. The van der Waals surface area contributed by atoms with Crippen molar-refractivity contribution in [1.82, 2.24) is 15.5 Å². The lowest BCUT2D eigenvalue weighted by Crippen LogP contribution is -2.10. The van der Waals surface area contributed by atoms with Crippen LogP contribution in [0.2, 0.25) is 0 Å². The predicted octanol–water partition coefficient (Wildman–Crippen LogP) is 2.57. The lowest BCUT2D eigenvalue weighted by atomic mass is 10.1. The van der Waals surface area contributed by atoms with Crippen LogP contribution in [0.25, 0.3) is 0 Å². The highest BCUT2D eigenvalue weighted by atomic mass is 79.9. The third kappa shape index (κ3) is 3.22. The first-order chi connectivity index (χ1) is 9.31. The molecule has 100 valence electrons. The van der Waals surface area contributed by atoms with E-state index in [4.69, 9.17) is 4.52 Å². The Bertz CT molecular complexity index is 549. The number of aromatic nitrogens is 2. The highest BCUT2D eigenvalue weighted by Gasteiger charge is 2.18. The first kappa shape index (κ1) is 12.8. The van der Waals surface area contributed by atoms with Crippen LogP contribution in [-0.2, 0) is 12.8 Å². The van der Waals surface area contributed by atoms with Gasteiger partial charge in [0.25, 0.3) is 0 Å². The van der Waals surface area contributed by atoms with Crippen LogP contribution in [0.5, 0.6) is 0 Å². The number of nitrogens with zero attached hydrogens (tertiary/aromatic N) is 2. The van der Waals surface area contributed by atoms with Crippen LogP contribution in [-0.4, -0.2) is 23.2 Å². The standard InChI is InChI=1S/C14H16BrN3O/c15-12-4-2-1-3-11(12)8-13-17-14(19-18-13)7-10-5-6-16-9-10/h1-4,10,16H,5-9H2. The molecular weight excluding hydrogens is 306 g/mol. The maximum Gasteiger partial charge on any atom is 0.226 e. The Morgan fingerprint density at radius 3 is 3.05 bits per heavy atom. The van der Waals surface area contributed by atoms with Crippen molar-refractivity contribution < 1.29 is 4.52 Å². The summed E-state index contributed by atoms with van der Waals surface area (Å²) in [5, 5.41) is 7.42. The van der Waals surface area contributed by atoms with Crippen LogP contribution in [0.15, 0.2) is 33.3 Å². The van der Waals surface area contributed by atoms with Gasteiger partial charge in [-0.25, -0.2) is 0 Å². The molecule has 1 unspecified atom stereocenters. The van der Waals surface area contributed by atoms with E-state index in [1.165, 1.54) is 12.0 Å². The number of benzene rings is 1. The summed E-state index contributed by atoms with van der Waals surface area (Å²) in [6, 6.07) is 8.12. The number of halogens is 1. The normalized spacial score (nSPS) is 18.9. The van der Waals surface area contributed by atoms with Crippen molar-refractivity contribution >= 4 is 15.9 Å². The zero-order valence-electron chi connectivity index (χ0n) is 10.6. The molecule has 1 fully saturated rings. The summed E-state index contributed by atoms with van der Waals surface area (Å²) in [6.07, 6.45) is 2.78.